The zero-order valence-corrected chi connectivity index (χ0v) is 8.65. The van der Waals surface area contributed by atoms with Crippen molar-refractivity contribution in [1.82, 2.24) is 4.98 Å². The molecule has 5 heteroatoms. The van der Waals surface area contributed by atoms with Crippen LogP contribution in [0.4, 0.5) is 17.3 Å². The van der Waals surface area contributed by atoms with Crippen molar-refractivity contribution in [3.63, 3.8) is 0 Å². The molecule has 1 fully saturated rings. The van der Waals surface area contributed by atoms with Crippen LogP contribution in [0.25, 0.3) is 0 Å². The molecule has 1 aromatic heterocycles. The van der Waals surface area contributed by atoms with Crippen LogP contribution in [0.2, 0.25) is 0 Å². The second-order valence-electron chi connectivity index (χ2n) is 3.60. The molecule has 0 unspecified atom stereocenters. The van der Waals surface area contributed by atoms with Crippen LogP contribution in [-0.4, -0.2) is 31.3 Å². The van der Waals surface area contributed by atoms with Crippen LogP contribution in [0.1, 0.15) is 6.42 Å². The predicted molar refractivity (Wildman–Crippen MR) is 60.7 cm³/mol. The highest BCUT2D eigenvalue weighted by atomic mass is 16.5. The molecule has 82 valence electrons. The maximum atomic E-state index is 5.67. The van der Waals surface area contributed by atoms with Gasteiger partial charge >= 0.3 is 0 Å². The number of hydrogen-bond acceptors (Lipinski definition) is 5. The molecule has 0 aliphatic carbocycles. The largest absolute Gasteiger partial charge is 0.396 e. The van der Waals surface area contributed by atoms with E-state index in [1.54, 1.807) is 6.07 Å². The van der Waals surface area contributed by atoms with Gasteiger partial charge in [0.1, 0.15) is 11.6 Å². The van der Waals surface area contributed by atoms with Gasteiger partial charge in [0.2, 0.25) is 0 Å². The van der Waals surface area contributed by atoms with Crippen molar-refractivity contribution < 1.29 is 4.74 Å². The minimum Gasteiger partial charge on any atom is -0.396 e. The van der Waals surface area contributed by atoms with Crippen molar-refractivity contribution in [2.24, 2.45) is 0 Å². The summed E-state index contributed by atoms with van der Waals surface area (Å²) in [6.07, 6.45) is 1.02. The lowest BCUT2D eigenvalue weighted by atomic mass is 10.3. The molecule has 0 amide bonds. The van der Waals surface area contributed by atoms with E-state index in [4.69, 9.17) is 16.2 Å². The fraction of sp³-hybridized carbons (Fsp3) is 0.500. The molecule has 1 saturated heterocycles. The van der Waals surface area contributed by atoms with Crippen molar-refractivity contribution in [2.45, 2.75) is 6.42 Å². The van der Waals surface area contributed by atoms with E-state index in [0.29, 0.717) is 11.5 Å². The van der Waals surface area contributed by atoms with Crippen molar-refractivity contribution in [1.29, 1.82) is 0 Å². The van der Waals surface area contributed by atoms with Crippen molar-refractivity contribution in [3.8, 4) is 0 Å². The van der Waals surface area contributed by atoms with E-state index in [9.17, 15) is 0 Å². The summed E-state index contributed by atoms with van der Waals surface area (Å²) >= 11 is 0. The molecule has 0 aromatic carbocycles. The van der Waals surface area contributed by atoms with Gasteiger partial charge in [-0.2, -0.15) is 0 Å². The number of ether oxygens (including phenoxy) is 1. The van der Waals surface area contributed by atoms with E-state index in [-0.39, 0.29) is 0 Å². The first-order chi connectivity index (χ1) is 7.27. The van der Waals surface area contributed by atoms with Crippen LogP contribution >= 0.6 is 0 Å². The average molecular weight is 208 g/mol. The molecule has 0 saturated carbocycles. The third-order valence-electron chi connectivity index (χ3n) is 2.49. The summed E-state index contributed by atoms with van der Waals surface area (Å²) in [5, 5.41) is 0. The first kappa shape index (κ1) is 10.0. The molecule has 2 rings (SSSR count). The Hall–Kier alpha value is -1.49. The SMILES string of the molecule is Nc1ccc(N2CCCOCC2)nc1N. The normalized spacial score (nSPS) is 17.5. The third-order valence-corrected chi connectivity index (χ3v) is 2.49. The summed E-state index contributed by atoms with van der Waals surface area (Å²) in [6, 6.07) is 3.69. The number of aromatic nitrogens is 1. The highest BCUT2D eigenvalue weighted by Gasteiger charge is 2.11. The summed E-state index contributed by atoms with van der Waals surface area (Å²) < 4.78 is 5.37. The maximum absolute atomic E-state index is 5.67. The molecule has 0 atom stereocenters. The Labute approximate surface area is 89.0 Å². The molecule has 1 aromatic rings. The lowest BCUT2D eigenvalue weighted by Crippen LogP contribution is -2.27. The summed E-state index contributed by atoms with van der Waals surface area (Å²) in [7, 11) is 0. The van der Waals surface area contributed by atoms with Crippen LogP contribution in [0.15, 0.2) is 12.1 Å². The molecule has 1 aliphatic heterocycles. The van der Waals surface area contributed by atoms with Gasteiger partial charge in [0.15, 0.2) is 0 Å². The second kappa shape index (κ2) is 4.35. The molecular weight excluding hydrogens is 192 g/mol. The molecule has 5 nitrogen and oxygen atoms in total. The Bertz CT molecular complexity index is 334. The van der Waals surface area contributed by atoms with Gasteiger partial charge in [-0.3, -0.25) is 0 Å². The number of pyridine rings is 1. The monoisotopic (exact) mass is 208 g/mol. The van der Waals surface area contributed by atoms with E-state index in [2.05, 4.69) is 9.88 Å². The van der Waals surface area contributed by atoms with E-state index in [0.717, 1.165) is 38.5 Å². The second-order valence-corrected chi connectivity index (χ2v) is 3.60. The fourth-order valence-electron chi connectivity index (χ4n) is 1.63. The molecule has 15 heavy (non-hydrogen) atoms. The van der Waals surface area contributed by atoms with Gasteiger partial charge in [-0.1, -0.05) is 0 Å². The Morgan fingerprint density at radius 2 is 2.07 bits per heavy atom. The number of anilines is 3. The van der Waals surface area contributed by atoms with E-state index < -0.39 is 0 Å². The smallest absolute Gasteiger partial charge is 0.149 e. The molecular formula is C10H16N4O. The standard InChI is InChI=1S/C10H16N4O/c11-8-2-3-9(13-10(8)12)14-4-1-6-15-7-5-14/h2-3H,1,4-7,11H2,(H2,12,13). The maximum Gasteiger partial charge on any atom is 0.149 e. The van der Waals surface area contributed by atoms with Crippen LogP contribution in [0.5, 0.6) is 0 Å². The first-order valence-corrected chi connectivity index (χ1v) is 5.12. The van der Waals surface area contributed by atoms with E-state index in [1.807, 2.05) is 6.07 Å². The summed E-state index contributed by atoms with van der Waals surface area (Å²) in [4.78, 5) is 6.43. The van der Waals surface area contributed by atoms with Gasteiger partial charge in [0.25, 0.3) is 0 Å². The fourth-order valence-corrected chi connectivity index (χ4v) is 1.63. The van der Waals surface area contributed by atoms with Crippen LogP contribution in [-0.2, 0) is 4.74 Å². The molecule has 1 aliphatic rings. The van der Waals surface area contributed by atoms with Crippen molar-refractivity contribution in [3.05, 3.63) is 12.1 Å². The molecule has 4 N–H and O–H groups in total. The minimum atomic E-state index is 0.401. The third kappa shape index (κ3) is 2.30. The summed E-state index contributed by atoms with van der Waals surface area (Å²) in [5.41, 5.74) is 11.8. The number of hydrogen-bond donors (Lipinski definition) is 2. The zero-order valence-electron chi connectivity index (χ0n) is 8.65. The van der Waals surface area contributed by atoms with Gasteiger partial charge in [0.05, 0.1) is 12.3 Å². The van der Waals surface area contributed by atoms with Gasteiger partial charge in [-0.25, -0.2) is 4.98 Å². The quantitative estimate of drug-likeness (QED) is 0.701. The number of rotatable bonds is 1. The van der Waals surface area contributed by atoms with Gasteiger partial charge in [-0.05, 0) is 18.6 Å². The number of nitrogen functional groups attached to an aromatic ring is 2. The highest BCUT2D eigenvalue weighted by Crippen LogP contribution is 2.19. The Morgan fingerprint density at radius 3 is 2.87 bits per heavy atom. The Kier molecular flexibility index (Phi) is 2.91. The van der Waals surface area contributed by atoms with Crippen molar-refractivity contribution in [2.75, 3.05) is 42.7 Å². The van der Waals surface area contributed by atoms with Crippen LogP contribution in [0, 0.1) is 0 Å². The molecule has 2 heterocycles. The van der Waals surface area contributed by atoms with Gasteiger partial charge in [-0.15, -0.1) is 0 Å². The Morgan fingerprint density at radius 1 is 1.20 bits per heavy atom. The topological polar surface area (TPSA) is 77.4 Å². The van der Waals surface area contributed by atoms with Crippen molar-refractivity contribution >= 4 is 17.3 Å². The van der Waals surface area contributed by atoms with Gasteiger partial charge < -0.3 is 21.1 Å². The van der Waals surface area contributed by atoms with Crippen LogP contribution in [0.3, 0.4) is 0 Å². The van der Waals surface area contributed by atoms with Gasteiger partial charge in [0, 0.05) is 19.7 Å². The molecule has 0 bridgehead atoms. The Balaban J connectivity index is 2.16. The zero-order chi connectivity index (χ0) is 10.7. The summed E-state index contributed by atoms with van der Waals surface area (Å²) in [5.74, 6) is 1.28. The average Bonchev–Trinajstić information content (AvgIpc) is 2.50. The number of nitrogens with zero attached hydrogens (tertiary/aromatic N) is 2. The van der Waals surface area contributed by atoms with E-state index in [1.165, 1.54) is 0 Å². The first-order valence-electron chi connectivity index (χ1n) is 5.12. The minimum absolute atomic E-state index is 0.401. The predicted octanol–water partition coefficient (Wildman–Crippen LogP) is 0.473. The lowest BCUT2D eigenvalue weighted by Gasteiger charge is -2.21. The van der Waals surface area contributed by atoms with Crippen LogP contribution < -0.4 is 16.4 Å². The molecule has 0 spiro atoms. The lowest BCUT2D eigenvalue weighted by molar-refractivity contribution is 0.152. The highest BCUT2D eigenvalue weighted by molar-refractivity contribution is 5.62. The summed E-state index contributed by atoms with van der Waals surface area (Å²) in [6.45, 7) is 3.37. The number of nitrogens with two attached hydrogens (primary N) is 2. The van der Waals surface area contributed by atoms with E-state index >= 15 is 0 Å². The molecule has 0 radical (unpaired) electrons.